The van der Waals surface area contributed by atoms with Crippen molar-refractivity contribution in [3.63, 3.8) is 0 Å². The molecule has 1 aromatic heterocycles. The molecule has 3 aromatic rings. The van der Waals surface area contributed by atoms with E-state index in [1.54, 1.807) is 18.2 Å². The Morgan fingerprint density at radius 3 is 2.37 bits per heavy atom. The molecule has 0 spiro atoms. The molecule has 138 valence electrons. The summed E-state index contributed by atoms with van der Waals surface area (Å²) in [5.41, 5.74) is 4.91. The van der Waals surface area contributed by atoms with E-state index in [0.29, 0.717) is 11.3 Å². The molecule has 1 heterocycles. The Hall–Kier alpha value is -3.34. The average molecular weight is 363 g/mol. The third-order valence-electron chi connectivity index (χ3n) is 4.50. The molecule has 3 rings (SSSR count). The highest BCUT2D eigenvalue weighted by atomic mass is 16.5. The fraction of sp³-hybridized carbons (Fsp3) is 0.182. The number of aromatic hydroxyl groups is 1. The van der Waals surface area contributed by atoms with Crippen molar-refractivity contribution < 1.29 is 19.4 Å². The van der Waals surface area contributed by atoms with Crippen LogP contribution in [0.4, 0.5) is 0 Å². The van der Waals surface area contributed by atoms with Crippen molar-refractivity contribution in [3.8, 4) is 22.6 Å². The second-order valence-corrected chi connectivity index (χ2v) is 6.20. The number of carbonyl (C=O) groups is 1. The van der Waals surface area contributed by atoms with Crippen LogP contribution in [0.15, 0.2) is 54.7 Å². The first-order chi connectivity index (χ1) is 13.0. The molecular weight excluding hydrogens is 342 g/mol. The molecule has 0 amide bonds. The van der Waals surface area contributed by atoms with Gasteiger partial charge >= 0.3 is 5.97 Å². The fourth-order valence-corrected chi connectivity index (χ4v) is 2.88. The van der Waals surface area contributed by atoms with E-state index >= 15 is 0 Å². The van der Waals surface area contributed by atoms with Crippen LogP contribution in [0.25, 0.3) is 11.1 Å². The predicted octanol–water partition coefficient (Wildman–Crippen LogP) is 4.44. The number of benzene rings is 2. The van der Waals surface area contributed by atoms with Gasteiger partial charge in [-0.25, -0.2) is 4.79 Å². The van der Waals surface area contributed by atoms with E-state index in [0.717, 1.165) is 28.0 Å². The first-order valence-corrected chi connectivity index (χ1v) is 8.56. The zero-order valence-electron chi connectivity index (χ0n) is 15.5. The van der Waals surface area contributed by atoms with Crippen molar-refractivity contribution in [3.05, 3.63) is 77.1 Å². The smallest absolute Gasteiger partial charge is 0.339 e. The third-order valence-corrected chi connectivity index (χ3v) is 4.50. The molecular formula is C22H21NO4. The zero-order valence-corrected chi connectivity index (χ0v) is 15.5. The monoisotopic (exact) mass is 363 g/mol. The summed E-state index contributed by atoms with van der Waals surface area (Å²) in [5.74, 6) is 0.599. The normalized spacial score (nSPS) is 10.5. The molecule has 0 atom stereocenters. The van der Waals surface area contributed by atoms with Gasteiger partial charge in [0.15, 0.2) is 0 Å². The molecule has 0 aliphatic rings. The number of nitrogens with zero attached hydrogens (tertiary/aromatic N) is 1. The van der Waals surface area contributed by atoms with Gasteiger partial charge in [-0.15, -0.1) is 0 Å². The molecule has 5 heteroatoms. The van der Waals surface area contributed by atoms with Gasteiger partial charge in [0.2, 0.25) is 0 Å². The lowest BCUT2D eigenvalue weighted by molar-refractivity contribution is 0.0600. The van der Waals surface area contributed by atoms with Gasteiger partial charge < -0.3 is 14.6 Å². The van der Waals surface area contributed by atoms with Gasteiger partial charge in [0, 0.05) is 6.20 Å². The maximum Gasteiger partial charge on any atom is 0.339 e. The summed E-state index contributed by atoms with van der Waals surface area (Å²) < 4.78 is 10.6. The number of ether oxygens (including phenoxy) is 2. The molecule has 0 fully saturated rings. The molecule has 0 bridgehead atoms. The Labute approximate surface area is 158 Å². The van der Waals surface area contributed by atoms with Crippen LogP contribution in [-0.4, -0.2) is 23.2 Å². The minimum absolute atomic E-state index is 0.271. The molecule has 0 saturated heterocycles. The highest BCUT2D eigenvalue weighted by Crippen LogP contribution is 2.34. The molecule has 5 nitrogen and oxygen atoms in total. The molecule has 0 unspecified atom stereocenters. The Balaban J connectivity index is 1.80. The second kappa shape index (κ2) is 7.91. The van der Waals surface area contributed by atoms with Gasteiger partial charge in [-0.05, 0) is 60.4 Å². The quantitative estimate of drug-likeness (QED) is 0.679. The van der Waals surface area contributed by atoms with Crippen molar-refractivity contribution >= 4 is 5.97 Å². The highest BCUT2D eigenvalue weighted by Gasteiger charge is 2.12. The summed E-state index contributed by atoms with van der Waals surface area (Å²) in [7, 11) is 1.34. The Morgan fingerprint density at radius 2 is 1.70 bits per heavy atom. The predicted molar refractivity (Wildman–Crippen MR) is 103 cm³/mol. The Morgan fingerprint density at radius 1 is 1.00 bits per heavy atom. The Bertz CT molecular complexity index is 965. The summed E-state index contributed by atoms with van der Waals surface area (Å²) in [4.78, 5) is 15.7. The van der Waals surface area contributed by atoms with Gasteiger partial charge in [-0.1, -0.05) is 24.3 Å². The molecule has 0 aliphatic heterocycles. The molecule has 27 heavy (non-hydrogen) atoms. The lowest BCUT2D eigenvalue weighted by Gasteiger charge is -2.15. The standard InChI is InChI=1S/C22H21NO4/c1-14-18(6-4-8-20(14)24)19-7-5-9-21(15(19)2)27-13-17-11-10-16(12-23-17)22(25)26-3/h4-12,24H,13H2,1-3H3. The highest BCUT2D eigenvalue weighted by molar-refractivity contribution is 5.88. The molecule has 2 aromatic carbocycles. The second-order valence-electron chi connectivity index (χ2n) is 6.20. The van der Waals surface area contributed by atoms with E-state index < -0.39 is 5.97 Å². The lowest BCUT2D eigenvalue weighted by atomic mass is 9.95. The topological polar surface area (TPSA) is 68.7 Å². The van der Waals surface area contributed by atoms with Crippen molar-refractivity contribution in [2.45, 2.75) is 20.5 Å². The number of methoxy groups -OCH3 is 1. The van der Waals surface area contributed by atoms with Crippen molar-refractivity contribution in [1.29, 1.82) is 0 Å². The minimum Gasteiger partial charge on any atom is -0.508 e. The number of phenolic OH excluding ortho intramolecular Hbond substituents is 1. The van der Waals surface area contributed by atoms with E-state index in [4.69, 9.17) is 4.74 Å². The fourth-order valence-electron chi connectivity index (χ4n) is 2.88. The summed E-state index contributed by atoms with van der Waals surface area (Å²) in [5, 5.41) is 9.98. The van der Waals surface area contributed by atoms with Gasteiger partial charge in [-0.2, -0.15) is 0 Å². The first-order valence-electron chi connectivity index (χ1n) is 8.56. The number of rotatable bonds is 5. The molecule has 0 radical (unpaired) electrons. The number of phenols is 1. The van der Waals surface area contributed by atoms with Crippen molar-refractivity contribution in [2.24, 2.45) is 0 Å². The van der Waals surface area contributed by atoms with E-state index in [-0.39, 0.29) is 12.4 Å². The van der Waals surface area contributed by atoms with Gasteiger partial charge in [0.1, 0.15) is 18.1 Å². The number of esters is 1. The molecule has 0 saturated carbocycles. The molecule has 1 N–H and O–H groups in total. The van der Waals surface area contributed by atoms with Crippen LogP contribution in [0.5, 0.6) is 11.5 Å². The van der Waals surface area contributed by atoms with E-state index in [9.17, 15) is 9.90 Å². The van der Waals surface area contributed by atoms with Gasteiger partial charge in [0.05, 0.1) is 18.4 Å². The summed E-state index contributed by atoms with van der Waals surface area (Å²) in [6.07, 6.45) is 1.48. The maximum atomic E-state index is 11.5. The van der Waals surface area contributed by atoms with Crippen molar-refractivity contribution in [2.75, 3.05) is 7.11 Å². The average Bonchev–Trinajstić information content (AvgIpc) is 2.69. The van der Waals surface area contributed by atoms with E-state index in [1.807, 2.05) is 44.2 Å². The van der Waals surface area contributed by atoms with Gasteiger partial charge in [-0.3, -0.25) is 4.98 Å². The van der Waals surface area contributed by atoms with Crippen LogP contribution >= 0.6 is 0 Å². The SMILES string of the molecule is COC(=O)c1ccc(COc2cccc(-c3cccc(O)c3C)c2C)nc1. The number of carbonyl (C=O) groups excluding carboxylic acids is 1. The largest absolute Gasteiger partial charge is 0.508 e. The first kappa shape index (κ1) is 18.5. The summed E-state index contributed by atoms with van der Waals surface area (Å²) in [6.45, 7) is 4.16. The van der Waals surface area contributed by atoms with Crippen LogP contribution in [0.2, 0.25) is 0 Å². The van der Waals surface area contributed by atoms with Crippen LogP contribution < -0.4 is 4.74 Å². The maximum absolute atomic E-state index is 11.5. The van der Waals surface area contributed by atoms with Crippen LogP contribution in [0, 0.1) is 13.8 Å². The number of pyridine rings is 1. The number of hydrogen-bond acceptors (Lipinski definition) is 5. The van der Waals surface area contributed by atoms with Crippen molar-refractivity contribution in [1.82, 2.24) is 4.98 Å². The Kier molecular flexibility index (Phi) is 5.41. The van der Waals surface area contributed by atoms with Gasteiger partial charge in [0.25, 0.3) is 0 Å². The van der Waals surface area contributed by atoms with E-state index in [2.05, 4.69) is 9.72 Å². The van der Waals surface area contributed by atoms with Crippen LogP contribution in [-0.2, 0) is 11.3 Å². The number of hydrogen-bond donors (Lipinski definition) is 1. The zero-order chi connectivity index (χ0) is 19.4. The summed E-state index contributed by atoms with van der Waals surface area (Å²) >= 11 is 0. The minimum atomic E-state index is -0.417. The molecule has 0 aliphatic carbocycles. The van der Waals surface area contributed by atoms with Crippen LogP contribution in [0.1, 0.15) is 27.2 Å². The number of aromatic nitrogens is 1. The lowest BCUT2D eigenvalue weighted by Crippen LogP contribution is -2.04. The third kappa shape index (κ3) is 3.92. The van der Waals surface area contributed by atoms with E-state index in [1.165, 1.54) is 13.3 Å². The van der Waals surface area contributed by atoms with Crippen LogP contribution in [0.3, 0.4) is 0 Å². The summed E-state index contributed by atoms with van der Waals surface area (Å²) in [6, 6.07) is 14.7.